The van der Waals surface area contributed by atoms with Gasteiger partial charge in [-0.1, -0.05) is 30.3 Å². The Bertz CT molecular complexity index is 1070. The predicted octanol–water partition coefficient (Wildman–Crippen LogP) is 2.79. The van der Waals surface area contributed by atoms with E-state index in [9.17, 15) is 22.8 Å². The molecule has 28 heavy (non-hydrogen) atoms. The number of alkyl halides is 3. The van der Waals surface area contributed by atoms with Crippen molar-refractivity contribution in [3.8, 4) is 0 Å². The SMILES string of the molecule is CN(C)c1ccc(CC(=O)Nn2nc(C(F)(F)F)c3ccccc3c2=O)cc1. The molecule has 0 radical (unpaired) electrons. The van der Waals surface area contributed by atoms with Gasteiger partial charge in [-0.05, 0) is 23.8 Å². The normalized spacial score (nSPS) is 11.5. The van der Waals surface area contributed by atoms with E-state index in [-0.39, 0.29) is 17.2 Å². The minimum Gasteiger partial charge on any atom is -0.378 e. The number of nitrogens with one attached hydrogen (secondary N) is 1. The second kappa shape index (κ2) is 7.34. The van der Waals surface area contributed by atoms with Crippen molar-refractivity contribution in [2.45, 2.75) is 12.6 Å². The van der Waals surface area contributed by atoms with Crippen LogP contribution in [0.1, 0.15) is 11.3 Å². The lowest BCUT2D eigenvalue weighted by Gasteiger charge is -2.14. The molecule has 0 atom stereocenters. The fraction of sp³-hybridized carbons (Fsp3) is 0.211. The van der Waals surface area contributed by atoms with E-state index in [2.05, 4.69) is 10.5 Å². The molecule has 1 N–H and O–H groups in total. The van der Waals surface area contributed by atoms with Crippen molar-refractivity contribution in [3.05, 3.63) is 70.1 Å². The van der Waals surface area contributed by atoms with E-state index < -0.39 is 23.3 Å². The third-order valence-electron chi connectivity index (χ3n) is 4.12. The van der Waals surface area contributed by atoms with Crippen molar-refractivity contribution in [3.63, 3.8) is 0 Å². The third-order valence-corrected chi connectivity index (χ3v) is 4.12. The molecule has 0 bridgehead atoms. The van der Waals surface area contributed by atoms with E-state index in [4.69, 9.17) is 0 Å². The van der Waals surface area contributed by atoms with Crippen LogP contribution in [0.2, 0.25) is 0 Å². The van der Waals surface area contributed by atoms with Crippen LogP contribution >= 0.6 is 0 Å². The number of anilines is 1. The molecule has 0 spiro atoms. The zero-order valence-corrected chi connectivity index (χ0v) is 15.1. The Labute approximate surface area is 158 Å². The van der Waals surface area contributed by atoms with Crippen molar-refractivity contribution >= 4 is 22.4 Å². The first-order chi connectivity index (χ1) is 13.2. The van der Waals surface area contributed by atoms with Gasteiger partial charge in [-0.25, -0.2) is 5.43 Å². The number of hydrogen-bond donors (Lipinski definition) is 1. The van der Waals surface area contributed by atoms with Crippen LogP contribution in [0.3, 0.4) is 0 Å². The number of amides is 1. The maximum atomic E-state index is 13.3. The molecule has 2 aromatic carbocycles. The van der Waals surface area contributed by atoms with Gasteiger partial charge in [0.15, 0.2) is 5.69 Å². The molecule has 1 amide bonds. The lowest BCUT2D eigenvalue weighted by atomic mass is 10.1. The second-order valence-electron chi connectivity index (χ2n) is 6.38. The molecule has 146 valence electrons. The van der Waals surface area contributed by atoms with E-state index in [1.54, 1.807) is 12.1 Å². The lowest BCUT2D eigenvalue weighted by Crippen LogP contribution is -2.37. The topological polar surface area (TPSA) is 67.2 Å². The molecule has 3 aromatic rings. The molecule has 9 heteroatoms. The summed E-state index contributed by atoms with van der Waals surface area (Å²) in [6, 6.07) is 12.3. The number of nitrogens with zero attached hydrogens (tertiary/aromatic N) is 3. The van der Waals surface area contributed by atoms with Gasteiger partial charge in [0.05, 0.1) is 11.8 Å². The van der Waals surface area contributed by atoms with Gasteiger partial charge in [-0.2, -0.15) is 13.2 Å². The van der Waals surface area contributed by atoms with E-state index in [1.165, 1.54) is 24.3 Å². The Kier molecular flexibility index (Phi) is 5.08. The molecule has 0 aliphatic rings. The van der Waals surface area contributed by atoms with Crippen LogP contribution in [0.4, 0.5) is 18.9 Å². The van der Waals surface area contributed by atoms with Gasteiger partial charge in [0.1, 0.15) is 0 Å². The van der Waals surface area contributed by atoms with Gasteiger partial charge in [-0.15, -0.1) is 9.89 Å². The van der Waals surface area contributed by atoms with Gasteiger partial charge >= 0.3 is 6.18 Å². The Balaban J connectivity index is 1.90. The second-order valence-corrected chi connectivity index (χ2v) is 6.38. The van der Waals surface area contributed by atoms with Gasteiger partial charge in [0.2, 0.25) is 5.91 Å². The first kappa shape index (κ1) is 19.4. The van der Waals surface area contributed by atoms with Crippen molar-refractivity contribution in [2.24, 2.45) is 0 Å². The number of hydrogen-bond acceptors (Lipinski definition) is 4. The Morgan fingerprint density at radius 2 is 1.68 bits per heavy atom. The van der Waals surface area contributed by atoms with Gasteiger partial charge < -0.3 is 4.90 Å². The number of carbonyl (C=O) groups is 1. The molecule has 3 rings (SSSR count). The maximum absolute atomic E-state index is 13.3. The van der Waals surface area contributed by atoms with Crippen LogP contribution in [0, 0.1) is 0 Å². The summed E-state index contributed by atoms with van der Waals surface area (Å²) in [5, 5.41) is 2.84. The number of fused-ring (bicyclic) bond motifs is 1. The standard InChI is InChI=1S/C19H17F3N4O2/c1-25(2)13-9-7-12(8-10-13)11-16(27)23-26-18(28)15-6-4-3-5-14(15)17(24-26)19(20,21)22/h3-10H,11H2,1-2H3,(H,23,27). The summed E-state index contributed by atoms with van der Waals surface area (Å²) in [5.74, 6) is -0.657. The minimum absolute atomic E-state index is 0.115. The lowest BCUT2D eigenvalue weighted by molar-refractivity contribution is -0.141. The van der Waals surface area contributed by atoms with Crippen molar-refractivity contribution in [1.82, 2.24) is 9.89 Å². The fourth-order valence-electron chi connectivity index (χ4n) is 2.73. The number of rotatable bonds is 4. The smallest absolute Gasteiger partial charge is 0.378 e. The number of benzene rings is 2. The molecule has 0 unspecified atom stereocenters. The maximum Gasteiger partial charge on any atom is 0.435 e. The highest BCUT2D eigenvalue weighted by Gasteiger charge is 2.36. The predicted molar refractivity (Wildman–Crippen MR) is 99.8 cm³/mol. The highest BCUT2D eigenvalue weighted by Crippen LogP contribution is 2.31. The highest BCUT2D eigenvalue weighted by atomic mass is 19.4. The zero-order valence-electron chi connectivity index (χ0n) is 15.1. The van der Waals surface area contributed by atoms with Gasteiger partial charge in [-0.3, -0.25) is 9.59 Å². The highest BCUT2D eigenvalue weighted by molar-refractivity contribution is 5.87. The fourth-order valence-corrected chi connectivity index (χ4v) is 2.73. The molecule has 0 aliphatic heterocycles. The summed E-state index contributed by atoms with van der Waals surface area (Å²) in [6.45, 7) is 0. The number of carbonyl (C=O) groups excluding carboxylic acids is 1. The van der Waals surface area contributed by atoms with Gasteiger partial charge in [0.25, 0.3) is 5.56 Å². The van der Waals surface area contributed by atoms with Crippen LogP contribution < -0.4 is 15.9 Å². The van der Waals surface area contributed by atoms with Crippen molar-refractivity contribution < 1.29 is 18.0 Å². The van der Waals surface area contributed by atoms with Crippen molar-refractivity contribution in [1.29, 1.82) is 0 Å². The molecule has 0 saturated carbocycles. The largest absolute Gasteiger partial charge is 0.435 e. The summed E-state index contributed by atoms with van der Waals surface area (Å²) in [7, 11) is 3.75. The molecule has 0 saturated heterocycles. The molecule has 6 nitrogen and oxygen atoms in total. The third kappa shape index (κ3) is 3.98. The van der Waals surface area contributed by atoms with Crippen molar-refractivity contribution in [2.75, 3.05) is 24.4 Å². The van der Waals surface area contributed by atoms with E-state index in [0.717, 1.165) is 5.69 Å². The molecular formula is C19H17F3N4O2. The van der Waals surface area contributed by atoms with Crippen LogP contribution in [0.5, 0.6) is 0 Å². The first-order valence-electron chi connectivity index (χ1n) is 8.32. The van der Waals surface area contributed by atoms with Crippen LogP contribution in [-0.2, 0) is 17.4 Å². The first-order valence-corrected chi connectivity index (χ1v) is 8.32. The molecule has 1 heterocycles. The Morgan fingerprint density at radius 1 is 1.07 bits per heavy atom. The summed E-state index contributed by atoms with van der Waals surface area (Å²) >= 11 is 0. The molecular weight excluding hydrogens is 373 g/mol. The Hall–Kier alpha value is -3.36. The average Bonchev–Trinajstić information content (AvgIpc) is 2.63. The van der Waals surface area contributed by atoms with E-state index >= 15 is 0 Å². The molecule has 0 aliphatic carbocycles. The summed E-state index contributed by atoms with van der Waals surface area (Å²) < 4.78 is 40.0. The van der Waals surface area contributed by atoms with Crippen LogP contribution in [0.15, 0.2) is 53.3 Å². The van der Waals surface area contributed by atoms with Crippen LogP contribution in [-0.4, -0.2) is 29.9 Å². The van der Waals surface area contributed by atoms with E-state index in [1.807, 2.05) is 31.1 Å². The average molecular weight is 390 g/mol. The summed E-state index contributed by atoms with van der Waals surface area (Å²) in [4.78, 5) is 26.9. The zero-order chi connectivity index (χ0) is 20.5. The molecule has 1 aromatic heterocycles. The summed E-state index contributed by atoms with van der Waals surface area (Å²) in [5.41, 5.74) is 1.66. The molecule has 0 fully saturated rings. The quantitative estimate of drug-likeness (QED) is 0.744. The summed E-state index contributed by atoms with van der Waals surface area (Å²) in [6.07, 6.45) is -4.89. The van der Waals surface area contributed by atoms with Crippen LogP contribution in [0.25, 0.3) is 10.8 Å². The monoisotopic (exact) mass is 390 g/mol. The number of aromatic nitrogens is 2. The van der Waals surface area contributed by atoms with Gasteiger partial charge in [0, 0.05) is 25.2 Å². The Morgan fingerprint density at radius 3 is 2.25 bits per heavy atom. The number of halogens is 3. The minimum atomic E-state index is -4.78. The van der Waals surface area contributed by atoms with E-state index in [0.29, 0.717) is 10.4 Å².